The highest BCUT2D eigenvalue weighted by atomic mass is 16.1. The lowest BCUT2D eigenvalue weighted by molar-refractivity contribution is -0.116. The molecule has 30 heavy (non-hydrogen) atoms. The Morgan fingerprint density at radius 3 is 2.57 bits per heavy atom. The summed E-state index contributed by atoms with van der Waals surface area (Å²) in [5, 5.41) is 14.3. The van der Waals surface area contributed by atoms with Crippen LogP contribution >= 0.6 is 0 Å². The molecule has 2 aromatic rings. The van der Waals surface area contributed by atoms with E-state index >= 15 is 0 Å². The number of carbonyl (C=O) groups excluding carboxylic acids is 1. The van der Waals surface area contributed by atoms with E-state index in [9.17, 15) is 4.79 Å². The van der Waals surface area contributed by atoms with Crippen molar-refractivity contribution in [2.24, 2.45) is 18.0 Å². The zero-order valence-corrected chi connectivity index (χ0v) is 19.3. The smallest absolute Gasteiger partial charge is 0.224 e. The molecule has 1 amide bonds. The number of rotatable bonds is 8. The van der Waals surface area contributed by atoms with Crippen molar-refractivity contribution in [3.05, 3.63) is 46.8 Å². The van der Waals surface area contributed by atoms with Crippen LogP contribution in [0.3, 0.4) is 0 Å². The molecule has 3 N–H and O–H groups in total. The minimum absolute atomic E-state index is 0.0439. The van der Waals surface area contributed by atoms with Gasteiger partial charge in [0, 0.05) is 44.5 Å². The highest BCUT2D eigenvalue weighted by Crippen LogP contribution is 2.14. The lowest BCUT2D eigenvalue weighted by atomic mass is 10.1. The standard InChI is InChI=1S/C23H36N6O/c1-15(2)11-22(30)27-20-10-8-9-19(13-20)14-25-23(24-6)26-16(3)12-21-17(4)28-29(7)18(21)5/h8-10,13,15-16H,11-12,14H2,1-7H3,(H,27,30)(H2,24,25,26). The van der Waals surface area contributed by atoms with Crippen molar-refractivity contribution >= 4 is 17.6 Å². The van der Waals surface area contributed by atoms with Crippen LogP contribution in [0.15, 0.2) is 29.3 Å². The van der Waals surface area contributed by atoms with Crippen LogP contribution in [0.2, 0.25) is 0 Å². The maximum atomic E-state index is 12.0. The van der Waals surface area contributed by atoms with E-state index in [2.05, 4.69) is 46.8 Å². The molecule has 1 heterocycles. The number of hydrogen-bond donors (Lipinski definition) is 3. The van der Waals surface area contributed by atoms with Gasteiger partial charge < -0.3 is 16.0 Å². The maximum Gasteiger partial charge on any atom is 0.224 e. The Bertz CT molecular complexity index is 884. The summed E-state index contributed by atoms with van der Waals surface area (Å²) in [6, 6.07) is 8.10. The second-order valence-electron chi connectivity index (χ2n) is 8.29. The molecule has 0 aliphatic carbocycles. The third kappa shape index (κ3) is 6.90. The van der Waals surface area contributed by atoms with Crippen molar-refractivity contribution < 1.29 is 4.79 Å². The first kappa shape index (κ1) is 23.4. The van der Waals surface area contributed by atoms with Gasteiger partial charge in [-0.2, -0.15) is 5.10 Å². The van der Waals surface area contributed by atoms with Crippen LogP contribution in [-0.2, 0) is 24.8 Å². The van der Waals surface area contributed by atoms with E-state index in [1.807, 2.05) is 49.8 Å². The van der Waals surface area contributed by atoms with Gasteiger partial charge in [0.15, 0.2) is 5.96 Å². The number of hydrogen-bond acceptors (Lipinski definition) is 3. The molecule has 1 unspecified atom stereocenters. The second kappa shape index (κ2) is 10.8. The molecule has 0 saturated carbocycles. The zero-order valence-electron chi connectivity index (χ0n) is 19.3. The van der Waals surface area contributed by atoms with Gasteiger partial charge in [0.25, 0.3) is 0 Å². The quantitative estimate of drug-likeness (QED) is 0.459. The third-order valence-electron chi connectivity index (χ3n) is 5.04. The molecule has 2 rings (SSSR count). The lowest BCUT2D eigenvalue weighted by Crippen LogP contribution is -2.42. The fraction of sp³-hybridized carbons (Fsp3) is 0.522. The molecule has 0 saturated heterocycles. The predicted molar refractivity (Wildman–Crippen MR) is 124 cm³/mol. The minimum Gasteiger partial charge on any atom is -0.354 e. The van der Waals surface area contributed by atoms with Crippen molar-refractivity contribution in [3.8, 4) is 0 Å². The summed E-state index contributed by atoms with van der Waals surface area (Å²) >= 11 is 0. The molecule has 1 aromatic carbocycles. The van der Waals surface area contributed by atoms with E-state index in [1.165, 1.54) is 11.3 Å². The summed E-state index contributed by atoms with van der Waals surface area (Å²) in [5.74, 6) is 1.13. The molecule has 0 aliphatic heterocycles. The number of aryl methyl sites for hydroxylation is 2. The fourth-order valence-electron chi connectivity index (χ4n) is 3.43. The number of aliphatic imine (C=N–C) groups is 1. The van der Waals surface area contributed by atoms with E-state index in [0.717, 1.165) is 29.3 Å². The number of carbonyl (C=O) groups is 1. The van der Waals surface area contributed by atoms with E-state index in [4.69, 9.17) is 0 Å². The van der Waals surface area contributed by atoms with E-state index in [0.29, 0.717) is 18.9 Å². The Kier molecular flexibility index (Phi) is 8.45. The highest BCUT2D eigenvalue weighted by molar-refractivity contribution is 5.90. The van der Waals surface area contributed by atoms with Crippen LogP contribution < -0.4 is 16.0 Å². The van der Waals surface area contributed by atoms with Gasteiger partial charge >= 0.3 is 0 Å². The van der Waals surface area contributed by atoms with Crippen molar-refractivity contribution in [1.29, 1.82) is 0 Å². The molecular formula is C23H36N6O. The fourth-order valence-corrected chi connectivity index (χ4v) is 3.43. The van der Waals surface area contributed by atoms with Gasteiger partial charge in [-0.3, -0.25) is 14.5 Å². The first-order valence-corrected chi connectivity index (χ1v) is 10.5. The van der Waals surface area contributed by atoms with Crippen molar-refractivity contribution in [2.75, 3.05) is 12.4 Å². The SMILES string of the molecule is CN=C(NCc1cccc(NC(=O)CC(C)C)c1)NC(C)Cc1c(C)nn(C)c1C. The molecular weight excluding hydrogens is 376 g/mol. The number of nitrogens with zero attached hydrogens (tertiary/aromatic N) is 3. The molecule has 164 valence electrons. The van der Waals surface area contributed by atoms with Crippen LogP contribution in [-0.4, -0.2) is 34.7 Å². The summed E-state index contributed by atoms with van der Waals surface area (Å²) in [6.07, 6.45) is 1.40. The topological polar surface area (TPSA) is 83.3 Å². The molecule has 0 spiro atoms. The van der Waals surface area contributed by atoms with Crippen molar-refractivity contribution in [3.63, 3.8) is 0 Å². The normalized spacial score (nSPS) is 12.7. The first-order chi connectivity index (χ1) is 14.2. The minimum atomic E-state index is 0.0439. The number of anilines is 1. The van der Waals surface area contributed by atoms with Crippen LogP contribution in [0.4, 0.5) is 5.69 Å². The van der Waals surface area contributed by atoms with Gasteiger partial charge in [-0.1, -0.05) is 26.0 Å². The largest absolute Gasteiger partial charge is 0.354 e. The summed E-state index contributed by atoms with van der Waals surface area (Å²) in [5.41, 5.74) is 5.44. The van der Waals surface area contributed by atoms with Crippen LogP contribution in [0.1, 0.15) is 49.7 Å². The van der Waals surface area contributed by atoms with Crippen LogP contribution in [0, 0.1) is 19.8 Å². The summed E-state index contributed by atoms with van der Waals surface area (Å²) in [4.78, 5) is 16.3. The van der Waals surface area contributed by atoms with Crippen LogP contribution in [0.25, 0.3) is 0 Å². The van der Waals surface area contributed by atoms with E-state index in [-0.39, 0.29) is 11.9 Å². The number of guanidine groups is 1. The average Bonchev–Trinajstić information content (AvgIpc) is 2.90. The Hall–Kier alpha value is -2.83. The molecule has 1 aromatic heterocycles. The number of benzene rings is 1. The average molecular weight is 413 g/mol. The van der Waals surface area contributed by atoms with E-state index < -0.39 is 0 Å². The Morgan fingerprint density at radius 1 is 1.23 bits per heavy atom. The summed E-state index contributed by atoms with van der Waals surface area (Å²) in [7, 11) is 3.75. The lowest BCUT2D eigenvalue weighted by Gasteiger charge is -2.18. The molecule has 7 nitrogen and oxygen atoms in total. The van der Waals surface area contributed by atoms with Gasteiger partial charge in [-0.15, -0.1) is 0 Å². The number of amides is 1. The number of nitrogens with one attached hydrogen (secondary N) is 3. The third-order valence-corrected chi connectivity index (χ3v) is 5.04. The Morgan fingerprint density at radius 2 is 1.97 bits per heavy atom. The molecule has 0 fully saturated rings. The zero-order chi connectivity index (χ0) is 22.3. The van der Waals surface area contributed by atoms with Gasteiger partial charge in [0.2, 0.25) is 5.91 Å². The second-order valence-corrected chi connectivity index (χ2v) is 8.29. The summed E-state index contributed by atoms with van der Waals surface area (Å²) in [6.45, 7) is 11.0. The molecule has 0 radical (unpaired) electrons. The van der Waals surface area contributed by atoms with Crippen molar-refractivity contribution in [2.45, 2.75) is 60.0 Å². The molecule has 0 aliphatic rings. The van der Waals surface area contributed by atoms with Gasteiger partial charge in [0.05, 0.1) is 5.69 Å². The van der Waals surface area contributed by atoms with Crippen LogP contribution in [0.5, 0.6) is 0 Å². The summed E-state index contributed by atoms with van der Waals surface area (Å²) < 4.78 is 1.93. The number of aromatic nitrogens is 2. The van der Waals surface area contributed by atoms with Crippen molar-refractivity contribution in [1.82, 2.24) is 20.4 Å². The van der Waals surface area contributed by atoms with E-state index in [1.54, 1.807) is 7.05 Å². The Labute approximate surface area is 180 Å². The van der Waals surface area contributed by atoms with Gasteiger partial charge in [0.1, 0.15) is 0 Å². The highest BCUT2D eigenvalue weighted by Gasteiger charge is 2.14. The molecule has 7 heteroatoms. The van der Waals surface area contributed by atoms with Gasteiger partial charge in [-0.25, -0.2) is 0 Å². The maximum absolute atomic E-state index is 12.0. The molecule has 0 bridgehead atoms. The molecule has 1 atom stereocenters. The van der Waals surface area contributed by atoms with Gasteiger partial charge in [-0.05, 0) is 56.4 Å². The Balaban J connectivity index is 1.91. The first-order valence-electron chi connectivity index (χ1n) is 10.5. The predicted octanol–water partition coefficient (Wildman–Crippen LogP) is 3.32. The monoisotopic (exact) mass is 412 g/mol.